The molecule has 2 aromatic heterocycles. The number of amides is 1. The quantitative estimate of drug-likeness (QED) is 0.585. The van der Waals surface area contributed by atoms with Gasteiger partial charge in [-0.3, -0.25) is 4.79 Å². The predicted molar refractivity (Wildman–Crippen MR) is 104 cm³/mol. The zero-order valence-corrected chi connectivity index (χ0v) is 14.5. The summed E-state index contributed by atoms with van der Waals surface area (Å²) in [5.74, 6) is 0.804. The van der Waals surface area contributed by atoms with Gasteiger partial charge in [-0.1, -0.05) is 48.5 Å². The van der Waals surface area contributed by atoms with Crippen LogP contribution in [0.3, 0.4) is 0 Å². The van der Waals surface area contributed by atoms with Crippen molar-refractivity contribution in [3.63, 3.8) is 0 Å². The molecule has 0 unspecified atom stereocenters. The lowest BCUT2D eigenvalue weighted by Gasteiger charge is -2.27. The van der Waals surface area contributed by atoms with Gasteiger partial charge in [0.2, 0.25) is 5.91 Å². The monoisotopic (exact) mass is 355 g/mol. The van der Waals surface area contributed by atoms with E-state index in [9.17, 15) is 4.79 Å². The number of anilines is 2. The van der Waals surface area contributed by atoms with Gasteiger partial charge in [-0.2, -0.15) is 9.61 Å². The van der Waals surface area contributed by atoms with Crippen molar-refractivity contribution in [1.82, 2.24) is 14.6 Å². The van der Waals surface area contributed by atoms with Gasteiger partial charge in [0.05, 0.1) is 24.4 Å². The van der Waals surface area contributed by atoms with Crippen LogP contribution in [0.1, 0.15) is 18.0 Å². The highest BCUT2D eigenvalue weighted by Crippen LogP contribution is 2.33. The maximum atomic E-state index is 12.1. The van der Waals surface area contributed by atoms with E-state index < -0.39 is 0 Å². The summed E-state index contributed by atoms with van der Waals surface area (Å²) in [4.78, 5) is 16.8. The van der Waals surface area contributed by atoms with Crippen molar-refractivity contribution in [3.05, 3.63) is 78.5 Å². The maximum Gasteiger partial charge on any atom is 0.226 e. The third-order valence-electron chi connectivity index (χ3n) is 4.75. The first-order valence-electron chi connectivity index (χ1n) is 8.83. The molecule has 0 bridgehead atoms. The number of carbonyl (C=O) groups is 1. The summed E-state index contributed by atoms with van der Waals surface area (Å²) >= 11 is 0. The summed E-state index contributed by atoms with van der Waals surface area (Å²) in [6.45, 7) is 0. The fraction of sp³-hybridized carbons (Fsp3) is 0.0952. The van der Waals surface area contributed by atoms with E-state index in [2.05, 4.69) is 15.7 Å². The highest BCUT2D eigenvalue weighted by Gasteiger charge is 2.25. The molecule has 2 aromatic carbocycles. The van der Waals surface area contributed by atoms with Gasteiger partial charge in [0.25, 0.3) is 0 Å². The number of carbonyl (C=O) groups excluding carboxylic acids is 1. The number of aromatic nitrogens is 3. The molecule has 0 aliphatic carbocycles. The largest absolute Gasteiger partial charge is 0.362 e. The van der Waals surface area contributed by atoms with Crippen molar-refractivity contribution < 1.29 is 4.79 Å². The molecule has 1 amide bonds. The number of hydrogen-bond donors (Lipinski definition) is 2. The molecule has 0 radical (unpaired) electrons. The zero-order chi connectivity index (χ0) is 18.2. The Morgan fingerprint density at radius 2 is 1.85 bits per heavy atom. The van der Waals surface area contributed by atoms with Crippen LogP contribution >= 0.6 is 0 Å². The molecule has 0 saturated carbocycles. The van der Waals surface area contributed by atoms with Gasteiger partial charge in [0.1, 0.15) is 5.82 Å². The number of para-hydroxylation sites is 1. The van der Waals surface area contributed by atoms with Crippen LogP contribution in [-0.4, -0.2) is 20.5 Å². The fourth-order valence-electron chi connectivity index (χ4n) is 3.49. The maximum absolute atomic E-state index is 12.1. The molecule has 1 aliphatic heterocycles. The van der Waals surface area contributed by atoms with Gasteiger partial charge >= 0.3 is 0 Å². The average molecular weight is 355 g/mol. The van der Waals surface area contributed by atoms with Crippen molar-refractivity contribution >= 4 is 23.1 Å². The number of fused-ring (bicyclic) bond motifs is 2. The lowest BCUT2D eigenvalue weighted by atomic mass is 9.97. The molecule has 6 nitrogen and oxygen atoms in total. The Morgan fingerprint density at radius 3 is 2.74 bits per heavy atom. The molecule has 132 valence electrons. The summed E-state index contributed by atoms with van der Waals surface area (Å²) in [5, 5.41) is 10.8. The van der Waals surface area contributed by atoms with Gasteiger partial charge in [0, 0.05) is 23.4 Å². The lowest BCUT2D eigenvalue weighted by molar-refractivity contribution is -0.116. The minimum absolute atomic E-state index is 0.000230. The Hall–Kier alpha value is -3.67. The molecule has 1 aliphatic rings. The standard InChI is InChI=1S/C21H17N5O/c27-21-13-18(15-8-4-5-9-16(15)25-21)24-20-12-17(14-6-2-1-3-7-14)23-19-10-11-22-26(19)20/h1-12,18,24H,13H2,(H,25,27)/t18-/m1/s1. The van der Waals surface area contributed by atoms with Crippen LogP contribution in [0.4, 0.5) is 11.5 Å². The van der Waals surface area contributed by atoms with Gasteiger partial charge in [-0.25, -0.2) is 4.98 Å². The molecule has 5 rings (SSSR count). The Balaban J connectivity index is 1.59. The normalized spacial score (nSPS) is 16.0. The van der Waals surface area contributed by atoms with Crippen LogP contribution < -0.4 is 10.6 Å². The van der Waals surface area contributed by atoms with Gasteiger partial charge in [-0.05, 0) is 11.6 Å². The molecule has 0 fully saturated rings. The first kappa shape index (κ1) is 15.6. The van der Waals surface area contributed by atoms with Crippen molar-refractivity contribution in [1.29, 1.82) is 0 Å². The van der Waals surface area contributed by atoms with Crippen LogP contribution in [0.25, 0.3) is 16.9 Å². The Kier molecular flexibility index (Phi) is 3.60. The molecule has 2 N–H and O–H groups in total. The molecule has 27 heavy (non-hydrogen) atoms. The summed E-state index contributed by atoms with van der Waals surface area (Å²) in [6, 6.07) is 21.6. The third kappa shape index (κ3) is 2.81. The van der Waals surface area contributed by atoms with Gasteiger partial charge < -0.3 is 10.6 Å². The van der Waals surface area contributed by atoms with Crippen LogP contribution in [-0.2, 0) is 4.79 Å². The van der Waals surface area contributed by atoms with E-state index in [1.165, 1.54) is 0 Å². The second kappa shape index (κ2) is 6.25. The van der Waals surface area contributed by atoms with E-state index >= 15 is 0 Å². The van der Waals surface area contributed by atoms with Crippen molar-refractivity contribution in [2.75, 3.05) is 10.6 Å². The minimum Gasteiger partial charge on any atom is -0.362 e. The second-order valence-corrected chi connectivity index (χ2v) is 6.53. The molecule has 0 spiro atoms. The summed E-state index contributed by atoms with van der Waals surface area (Å²) < 4.78 is 1.77. The van der Waals surface area contributed by atoms with E-state index in [0.29, 0.717) is 6.42 Å². The third-order valence-corrected chi connectivity index (χ3v) is 4.75. The van der Waals surface area contributed by atoms with E-state index in [0.717, 1.165) is 34.0 Å². The van der Waals surface area contributed by atoms with Gasteiger partial charge in [-0.15, -0.1) is 0 Å². The zero-order valence-electron chi connectivity index (χ0n) is 14.5. The second-order valence-electron chi connectivity index (χ2n) is 6.53. The van der Waals surface area contributed by atoms with Crippen molar-refractivity contribution in [3.8, 4) is 11.3 Å². The SMILES string of the molecule is O=C1C[C@@H](Nc2cc(-c3ccccc3)nc3ccnn23)c2ccccc2N1. The molecule has 6 heteroatoms. The highest BCUT2D eigenvalue weighted by molar-refractivity contribution is 5.95. The van der Waals surface area contributed by atoms with Gasteiger partial charge in [0.15, 0.2) is 5.65 Å². The van der Waals surface area contributed by atoms with Crippen LogP contribution in [0.15, 0.2) is 72.9 Å². The first-order valence-corrected chi connectivity index (χ1v) is 8.83. The molecule has 0 saturated heterocycles. The minimum atomic E-state index is -0.131. The highest BCUT2D eigenvalue weighted by atomic mass is 16.1. The van der Waals surface area contributed by atoms with E-state index in [-0.39, 0.29) is 11.9 Å². The average Bonchev–Trinajstić information content (AvgIpc) is 3.17. The smallest absolute Gasteiger partial charge is 0.226 e. The van der Waals surface area contributed by atoms with E-state index in [1.54, 1.807) is 10.7 Å². The van der Waals surface area contributed by atoms with E-state index in [1.807, 2.05) is 66.7 Å². The number of benzene rings is 2. The Morgan fingerprint density at radius 1 is 1.04 bits per heavy atom. The molecular weight excluding hydrogens is 338 g/mol. The summed E-state index contributed by atoms with van der Waals surface area (Å²) in [5.41, 5.74) is 4.56. The number of hydrogen-bond acceptors (Lipinski definition) is 4. The summed E-state index contributed by atoms with van der Waals surface area (Å²) in [6.07, 6.45) is 2.09. The molecule has 1 atom stereocenters. The molecular formula is C21H17N5O. The Labute approximate surface area is 155 Å². The fourth-order valence-corrected chi connectivity index (χ4v) is 3.49. The van der Waals surface area contributed by atoms with Crippen LogP contribution in [0.2, 0.25) is 0 Å². The first-order chi connectivity index (χ1) is 13.3. The number of nitrogens with zero attached hydrogens (tertiary/aromatic N) is 3. The van der Waals surface area contributed by atoms with Crippen LogP contribution in [0, 0.1) is 0 Å². The Bertz CT molecular complexity index is 1140. The molecule has 3 heterocycles. The lowest BCUT2D eigenvalue weighted by Crippen LogP contribution is -2.27. The topological polar surface area (TPSA) is 71.3 Å². The number of rotatable bonds is 3. The predicted octanol–water partition coefficient (Wildman–Crippen LogP) is 3.89. The van der Waals surface area contributed by atoms with Crippen molar-refractivity contribution in [2.45, 2.75) is 12.5 Å². The van der Waals surface area contributed by atoms with E-state index in [4.69, 9.17) is 4.98 Å². The summed E-state index contributed by atoms with van der Waals surface area (Å²) in [7, 11) is 0. The molecule has 4 aromatic rings. The van der Waals surface area contributed by atoms with Crippen LogP contribution in [0.5, 0.6) is 0 Å². The number of nitrogens with one attached hydrogen (secondary N) is 2. The van der Waals surface area contributed by atoms with Crippen molar-refractivity contribution in [2.24, 2.45) is 0 Å².